The number of aliphatic hydroxyl groups excluding tert-OH is 1. The van der Waals surface area contributed by atoms with Gasteiger partial charge in [-0.1, -0.05) is 32.0 Å². The maximum absolute atomic E-state index is 12.8. The molecule has 240 valence electrons. The van der Waals surface area contributed by atoms with Crippen molar-refractivity contribution in [2.45, 2.75) is 38.8 Å². The third kappa shape index (κ3) is 10.2. The average Bonchev–Trinajstić information content (AvgIpc) is 3.46. The first-order valence-electron chi connectivity index (χ1n) is 15.8. The van der Waals surface area contributed by atoms with Crippen LogP contribution in [-0.4, -0.2) is 102 Å². The first-order valence-corrected chi connectivity index (χ1v) is 16.6. The van der Waals surface area contributed by atoms with Gasteiger partial charge in [-0.25, -0.2) is 9.97 Å². The van der Waals surface area contributed by atoms with Crippen molar-refractivity contribution in [1.29, 1.82) is 0 Å². The molecule has 1 saturated heterocycles. The molecule has 0 bridgehead atoms. The van der Waals surface area contributed by atoms with Gasteiger partial charge in [0.05, 0.1) is 17.0 Å². The van der Waals surface area contributed by atoms with Gasteiger partial charge in [0.2, 0.25) is 11.9 Å². The Kier molecular flexibility index (Phi) is 11.7. The van der Waals surface area contributed by atoms with E-state index in [0.717, 1.165) is 77.6 Å². The number of carbonyl (C=O) groups is 1. The SMILES string of the molecule is CC(C)NCC(O)COc1ccc(CC(=O)Nc2ccc3cc(-c4ccnc(NCCCN5CCN(C)CC5)n4)sc3c2)cc1. The Morgan fingerprint density at radius 3 is 2.64 bits per heavy atom. The normalized spacial score (nSPS) is 15.0. The lowest BCUT2D eigenvalue weighted by molar-refractivity contribution is -0.115. The molecule has 1 amide bonds. The van der Waals surface area contributed by atoms with Crippen LogP contribution in [0.15, 0.2) is 60.8 Å². The molecule has 10 nitrogen and oxygen atoms in total. The van der Waals surface area contributed by atoms with Gasteiger partial charge in [-0.2, -0.15) is 0 Å². The summed E-state index contributed by atoms with van der Waals surface area (Å²) in [5, 5.41) is 20.7. The Bertz CT molecular complexity index is 1520. The Morgan fingerprint density at radius 1 is 1.07 bits per heavy atom. The Morgan fingerprint density at radius 2 is 1.87 bits per heavy atom. The van der Waals surface area contributed by atoms with E-state index in [1.165, 1.54) is 0 Å². The third-order valence-electron chi connectivity index (χ3n) is 7.73. The molecule has 0 aliphatic carbocycles. The maximum atomic E-state index is 12.8. The molecule has 0 spiro atoms. The standard InChI is InChI=1S/C34H45N7O3S/c1-24(2)37-22-28(42)23-44-29-9-5-25(6-10-29)19-33(43)38-27-8-7-26-20-32(45-31(26)21-27)30-11-13-36-34(39-30)35-12-4-14-41-17-15-40(3)16-18-41/h5-11,13,20-21,24,28,37,42H,4,12,14-19,22-23H2,1-3H3,(H,38,43)(H,35,36,39). The Labute approximate surface area is 269 Å². The highest BCUT2D eigenvalue weighted by molar-refractivity contribution is 7.22. The lowest BCUT2D eigenvalue weighted by Gasteiger charge is -2.32. The topological polar surface area (TPSA) is 115 Å². The highest BCUT2D eigenvalue weighted by Gasteiger charge is 2.14. The van der Waals surface area contributed by atoms with E-state index in [4.69, 9.17) is 9.72 Å². The van der Waals surface area contributed by atoms with Gasteiger partial charge in [0, 0.05) is 61.9 Å². The van der Waals surface area contributed by atoms with Crippen LogP contribution in [0, 0.1) is 0 Å². The minimum atomic E-state index is -0.586. The van der Waals surface area contributed by atoms with Gasteiger partial charge in [0.25, 0.3) is 0 Å². The predicted octanol–water partition coefficient (Wildman–Crippen LogP) is 4.33. The van der Waals surface area contributed by atoms with Crippen LogP contribution in [-0.2, 0) is 11.2 Å². The highest BCUT2D eigenvalue weighted by atomic mass is 32.1. The van der Waals surface area contributed by atoms with Crippen LogP contribution < -0.4 is 20.7 Å². The summed E-state index contributed by atoms with van der Waals surface area (Å²) >= 11 is 1.65. The average molecular weight is 632 g/mol. The number of thiophene rings is 1. The predicted molar refractivity (Wildman–Crippen MR) is 183 cm³/mol. The van der Waals surface area contributed by atoms with E-state index in [9.17, 15) is 9.90 Å². The van der Waals surface area contributed by atoms with Crippen molar-refractivity contribution in [1.82, 2.24) is 25.1 Å². The van der Waals surface area contributed by atoms with E-state index in [1.54, 1.807) is 17.5 Å². The molecule has 1 unspecified atom stereocenters. The molecule has 1 aliphatic heterocycles. The molecule has 11 heteroatoms. The van der Waals surface area contributed by atoms with Crippen LogP contribution in [0.3, 0.4) is 0 Å². The molecule has 4 N–H and O–H groups in total. The number of nitrogens with one attached hydrogen (secondary N) is 3. The first kappa shape index (κ1) is 32.8. The second kappa shape index (κ2) is 16.1. The van der Waals surface area contributed by atoms with E-state index >= 15 is 0 Å². The maximum Gasteiger partial charge on any atom is 0.228 e. The zero-order valence-corrected chi connectivity index (χ0v) is 27.3. The smallest absolute Gasteiger partial charge is 0.228 e. The lowest BCUT2D eigenvalue weighted by Crippen LogP contribution is -2.44. The second-order valence-corrected chi connectivity index (χ2v) is 13.0. The summed E-state index contributed by atoms with van der Waals surface area (Å²) in [5.74, 6) is 1.22. The Hall–Kier alpha value is -3.61. The number of hydrogen-bond acceptors (Lipinski definition) is 10. The van der Waals surface area contributed by atoms with E-state index in [-0.39, 0.29) is 18.9 Å². The zero-order chi connectivity index (χ0) is 31.6. The molecule has 3 heterocycles. The van der Waals surface area contributed by atoms with Crippen LogP contribution in [0.2, 0.25) is 0 Å². The number of piperazine rings is 1. The van der Waals surface area contributed by atoms with Crippen LogP contribution in [0.4, 0.5) is 11.6 Å². The van der Waals surface area contributed by atoms with E-state index < -0.39 is 6.10 Å². The van der Waals surface area contributed by atoms with Gasteiger partial charge in [-0.15, -0.1) is 11.3 Å². The summed E-state index contributed by atoms with van der Waals surface area (Å²) in [7, 11) is 2.18. The fourth-order valence-electron chi connectivity index (χ4n) is 5.11. The number of nitrogens with zero attached hydrogens (tertiary/aromatic N) is 4. The number of hydrogen-bond donors (Lipinski definition) is 4. The van der Waals surface area contributed by atoms with E-state index in [1.807, 2.05) is 62.4 Å². The van der Waals surface area contributed by atoms with Crippen molar-refractivity contribution in [3.05, 3.63) is 66.4 Å². The number of likely N-dealkylation sites (N-methyl/N-ethyl adjacent to an activating group) is 1. The molecule has 2 aromatic heterocycles. The molecular formula is C34H45N7O3S. The van der Waals surface area contributed by atoms with Crippen molar-refractivity contribution in [3.63, 3.8) is 0 Å². The summed E-state index contributed by atoms with van der Waals surface area (Å²) in [4.78, 5) is 27.9. The third-order valence-corrected chi connectivity index (χ3v) is 8.85. The number of benzene rings is 2. The molecule has 0 saturated carbocycles. The molecule has 45 heavy (non-hydrogen) atoms. The molecule has 1 aliphatic rings. The first-order chi connectivity index (χ1) is 21.8. The van der Waals surface area contributed by atoms with Gasteiger partial charge in [-0.05, 0) is 67.4 Å². The lowest BCUT2D eigenvalue weighted by atomic mass is 10.1. The van der Waals surface area contributed by atoms with Gasteiger partial charge < -0.3 is 35.6 Å². The monoisotopic (exact) mass is 631 g/mol. The highest BCUT2D eigenvalue weighted by Crippen LogP contribution is 2.34. The van der Waals surface area contributed by atoms with Gasteiger partial charge in [-0.3, -0.25) is 4.79 Å². The number of carbonyl (C=O) groups excluding carboxylic acids is 1. The molecule has 0 radical (unpaired) electrons. The van der Waals surface area contributed by atoms with Crippen molar-refractivity contribution in [2.75, 3.05) is 70.1 Å². The van der Waals surface area contributed by atoms with Crippen molar-refractivity contribution >= 4 is 39.0 Å². The summed E-state index contributed by atoms with van der Waals surface area (Å²) in [5.41, 5.74) is 2.52. The molecule has 5 rings (SSSR count). The fourth-order valence-corrected chi connectivity index (χ4v) is 6.18. The minimum absolute atomic E-state index is 0.0888. The summed E-state index contributed by atoms with van der Waals surface area (Å²) in [6.45, 7) is 11.2. The molecule has 1 atom stereocenters. The molecule has 4 aromatic rings. The minimum Gasteiger partial charge on any atom is -0.491 e. The zero-order valence-electron chi connectivity index (χ0n) is 26.5. The number of anilines is 2. The Balaban J connectivity index is 1.10. The summed E-state index contributed by atoms with van der Waals surface area (Å²) < 4.78 is 6.76. The van der Waals surface area contributed by atoms with Crippen LogP contribution in [0.25, 0.3) is 20.7 Å². The fraction of sp³-hybridized carbons (Fsp3) is 0.441. The van der Waals surface area contributed by atoms with Crippen molar-refractivity contribution in [2.24, 2.45) is 0 Å². The largest absolute Gasteiger partial charge is 0.491 e. The number of aromatic nitrogens is 2. The number of amides is 1. The number of ether oxygens (including phenoxy) is 1. The van der Waals surface area contributed by atoms with Gasteiger partial charge in [0.1, 0.15) is 18.5 Å². The quantitative estimate of drug-likeness (QED) is 0.142. The van der Waals surface area contributed by atoms with Crippen molar-refractivity contribution in [3.8, 4) is 16.3 Å². The number of rotatable bonds is 15. The molecule has 2 aromatic carbocycles. The second-order valence-electron chi connectivity index (χ2n) is 12.0. The van der Waals surface area contributed by atoms with Gasteiger partial charge >= 0.3 is 0 Å². The van der Waals surface area contributed by atoms with E-state index in [2.05, 4.69) is 43.8 Å². The van der Waals surface area contributed by atoms with Gasteiger partial charge in [0.15, 0.2) is 0 Å². The molecule has 1 fully saturated rings. The van der Waals surface area contributed by atoms with E-state index in [0.29, 0.717) is 24.3 Å². The van der Waals surface area contributed by atoms with Crippen LogP contribution >= 0.6 is 11.3 Å². The van der Waals surface area contributed by atoms with Crippen molar-refractivity contribution < 1.29 is 14.6 Å². The summed E-state index contributed by atoms with van der Waals surface area (Å²) in [6.07, 6.45) is 2.52. The number of aliphatic hydroxyl groups is 1. The van der Waals surface area contributed by atoms with Crippen LogP contribution in [0.5, 0.6) is 5.75 Å². The molecular weight excluding hydrogens is 586 g/mol. The van der Waals surface area contributed by atoms with Crippen LogP contribution in [0.1, 0.15) is 25.8 Å². The number of fused-ring (bicyclic) bond motifs is 1. The summed E-state index contributed by atoms with van der Waals surface area (Å²) in [6, 6.07) is 17.8.